The van der Waals surface area contributed by atoms with Gasteiger partial charge in [0, 0.05) is 22.7 Å². The van der Waals surface area contributed by atoms with E-state index < -0.39 is 0 Å². The number of rotatable bonds is 4. The van der Waals surface area contributed by atoms with Gasteiger partial charge in [-0.25, -0.2) is 0 Å². The normalized spacial score (nSPS) is 16.6. The molecule has 3 heteroatoms. The van der Waals surface area contributed by atoms with Crippen molar-refractivity contribution in [2.24, 2.45) is 0 Å². The van der Waals surface area contributed by atoms with Crippen LogP contribution in [-0.4, -0.2) is 22.1 Å². The standard InChI is InChI=1S/C18H22ClNO/c1-12(2)20(13(3)4)18(21)17-10-6-9-16(17)14-7-5-8-15(19)11-14/h5-13,21H,1-4H3/b18-17-. The Kier molecular flexibility index (Phi) is 4.79. The van der Waals surface area contributed by atoms with Gasteiger partial charge in [-0.15, -0.1) is 0 Å². The Hall–Kier alpha value is -1.67. The third-order valence-electron chi connectivity index (χ3n) is 3.55. The zero-order valence-corrected chi connectivity index (χ0v) is 13.7. The van der Waals surface area contributed by atoms with Gasteiger partial charge in [0.05, 0.1) is 0 Å². The quantitative estimate of drug-likeness (QED) is 0.775. The number of aliphatic hydroxyl groups excluding tert-OH is 1. The van der Waals surface area contributed by atoms with Crippen LogP contribution in [0.1, 0.15) is 33.3 Å². The van der Waals surface area contributed by atoms with Crippen LogP contribution in [0.25, 0.3) is 5.57 Å². The average molecular weight is 304 g/mol. The van der Waals surface area contributed by atoms with Crippen LogP contribution in [0.4, 0.5) is 0 Å². The van der Waals surface area contributed by atoms with E-state index in [4.69, 9.17) is 11.6 Å². The van der Waals surface area contributed by atoms with Crippen molar-refractivity contribution in [3.8, 4) is 0 Å². The third kappa shape index (κ3) is 3.33. The Balaban J connectivity index is 2.45. The summed E-state index contributed by atoms with van der Waals surface area (Å²) in [5.74, 6) is 0.319. The molecule has 1 aliphatic carbocycles. The first-order chi connectivity index (χ1) is 9.91. The topological polar surface area (TPSA) is 23.5 Å². The molecule has 0 saturated heterocycles. The van der Waals surface area contributed by atoms with Gasteiger partial charge in [0.15, 0.2) is 5.88 Å². The van der Waals surface area contributed by atoms with Crippen molar-refractivity contribution in [3.63, 3.8) is 0 Å². The summed E-state index contributed by atoms with van der Waals surface area (Å²) in [5.41, 5.74) is 2.86. The minimum Gasteiger partial charge on any atom is -0.494 e. The number of hydrogen-bond acceptors (Lipinski definition) is 2. The van der Waals surface area contributed by atoms with Gasteiger partial charge in [-0.2, -0.15) is 0 Å². The number of halogens is 1. The summed E-state index contributed by atoms with van der Waals surface area (Å²) in [6.07, 6.45) is 5.92. The first-order valence-corrected chi connectivity index (χ1v) is 7.66. The van der Waals surface area contributed by atoms with E-state index in [0.717, 1.165) is 16.7 Å². The molecule has 0 amide bonds. The zero-order chi connectivity index (χ0) is 15.6. The number of hydrogen-bond donors (Lipinski definition) is 1. The Bertz CT molecular complexity index is 603. The Morgan fingerprint density at radius 3 is 2.38 bits per heavy atom. The van der Waals surface area contributed by atoms with E-state index >= 15 is 0 Å². The van der Waals surface area contributed by atoms with E-state index in [9.17, 15) is 5.11 Å². The molecule has 0 bridgehead atoms. The molecule has 1 aromatic carbocycles. The summed E-state index contributed by atoms with van der Waals surface area (Å²) in [5, 5.41) is 11.4. The predicted molar refractivity (Wildman–Crippen MR) is 90.3 cm³/mol. The average Bonchev–Trinajstić information content (AvgIpc) is 2.86. The minimum atomic E-state index is 0.229. The van der Waals surface area contributed by atoms with Gasteiger partial charge in [-0.3, -0.25) is 0 Å². The zero-order valence-electron chi connectivity index (χ0n) is 13.0. The molecule has 0 heterocycles. The molecule has 21 heavy (non-hydrogen) atoms. The largest absolute Gasteiger partial charge is 0.494 e. The van der Waals surface area contributed by atoms with Crippen LogP contribution in [0.3, 0.4) is 0 Å². The van der Waals surface area contributed by atoms with Crippen molar-refractivity contribution in [1.29, 1.82) is 0 Å². The van der Waals surface area contributed by atoms with E-state index in [1.807, 2.05) is 47.4 Å². The molecule has 112 valence electrons. The van der Waals surface area contributed by atoms with Crippen LogP contribution in [0, 0.1) is 0 Å². The van der Waals surface area contributed by atoms with Gasteiger partial charge in [0.25, 0.3) is 0 Å². The molecule has 0 atom stereocenters. The summed E-state index contributed by atoms with van der Waals surface area (Å²) < 4.78 is 0. The van der Waals surface area contributed by atoms with E-state index in [0.29, 0.717) is 10.9 Å². The Morgan fingerprint density at radius 2 is 1.81 bits per heavy atom. The molecule has 0 unspecified atom stereocenters. The minimum absolute atomic E-state index is 0.229. The van der Waals surface area contributed by atoms with Crippen LogP contribution < -0.4 is 0 Å². The first-order valence-electron chi connectivity index (χ1n) is 7.28. The number of aliphatic hydroxyl groups is 1. The number of allylic oxidation sites excluding steroid dienone is 5. The molecule has 1 N–H and O–H groups in total. The number of benzene rings is 1. The van der Waals surface area contributed by atoms with Crippen molar-refractivity contribution in [3.05, 3.63) is 64.5 Å². The Morgan fingerprint density at radius 1 is 1.14 bits per heavy atom. The van der Waals surface area contributed by atoms with Crippen LogP contribution in [0.15, 0.2) is 53.9 Å². The maximum Gasteiger partial charge on any atom is 0.195 e. The van der Waals surface area contributed by atoms with Crippen molar-refractivity contribution in [1.82, 2.24) is 4.90 Å². The summed E-state index contributed by atoms with van der Waals surface area (Å²) in [6, 6.07) is 8.16. The highest BCUT2D eigenvalue weighted by Gasteiger charge is 2.22. The van der Waals surface area contributed by atoms with Gasteiger partial charge < -0.3 is 10.0 Å². The molecule has 2 rings (SSSR count). The highest BCUT2D eigenvalue weighted by Crippen LogP contribution is 2.33. The van der Waals surface area contributed by atoms with Crippen LogP contribution in [-0.2, 0) is 0 Å². The second kappa shape index (κ2) is 6.40. The highest BCUT2D eigenvalue weighted by molar-refractivity contribution is 6.30. The molecule has 0 saturated carbocycles. The highest BCUT2D eigenvalue weighted by atomic mass is 35.5. The first kappa shape index (κ1) is 15.7. The van der Waals surface area contributed by atoms with E-state index in [1.165, 1.54) is 0 Å². The second-order valence-electron chi connectivity index (χ2n) is 5.78. The lowest BCUT2D eigenvalue weighted by atomic mass is 10.0. The molecule has 0 fully saturated rings. The van der Waals surface area contributed by atoms with E-state index in [1.54, 1.807) is 0 Å². The monoisotopic (exact) mass is 303 g/mol. The molecule has 0 aliphatic heterocycles. The van der Waals surface area contributed by atoms with Gasteiger partial charge in [-0.05, 0) is 57.0 Å². The summed E-state index contributed by atoms with van der Waals surface area (Å²) in [7, 11) is 0. The van der Waals surface area contributed by atoms with E-state index in [2.05, 4.69) is 27.7 Å². The van der Waals surface area contributed by atoms with Crippen LogP contribution in [0.2, 0.25) is 5.02 Å². The molecular weight excluding hydrogens is 282 g/mol. The fraction of sp³-hybridized carbons (Fsp3) is 0.333. The molecule has 0 spiro atoms. The molecule has 2 nitrogen and oxygen atoms in total. The van der Waals surface area contributed by atoms with Crippen molar-refractivity contribution >= 4 is 17.2 Å². The maximum absolute atomic E-state index is 10.7. The fourth-order valence-electron chi connectivity index (χ4n) is 2.75. The SMILES string of the molecule is CC(C)N(/C(O)=C1\C=CC=C1c1cccc(Cl)c1)C(C)C. The second-order valence-corrected chi connectivity index (χ2v) is 6.22. The molecule has 1 aliphatic rings. The summed E-state index contributed by atoms with van der Waals surface area (Å²) >= 11 is 6.08. The van der Waals surface area contributed by atoms with Crippen LogP contribution in [0.5, 0.6) is 0 Å². The lowest BCUT2D eigenvalue weighted by Gasteiger charge is -2.33. The van der Waals surface area contributed by atoms with Gasteiger partial charge in [0.1, 0.15) is 0 Å². The lowest BCUT2D eigenvalue weighted by Crippen LogP contribution is -2.36. The molecule has 0 radical (unpaired) electrons. The Labute approximate surface area is 132 Å². The van der Waals surface area contributed by atoms with Crippen molar-refractivity contribution in [2.45, 2.75) is 39.8 Å². The third-order valence-corrected chi connectivity index (χ3v) is 3.78. The van der Waals surface area contributed by atoms with Gasteiger partial charge in [-0.1, -0.05) is 35.9 Å². The van der Waals surface area contributed by atoms with E-state index in [-0.39, 0.29) is 12.1 Å². The lowest BCUT2D eigenvalue weighted by molar-refractivity contribution is 0.133. The predicted octanol–water partition coefficient (Wildman–Crippen LogP) is 5.18. The molecular formula is C18H22ClNO. The number of nitrogens with zero attached hydrogens (tertiary/aromatic N) is 1. The van der Waals surface area contributed by atoms with Gasteiger partial charge >= 0.3 is 0 Å². The van der Waals surface area contributed by atoms with Crippen molar-refractivity contribution in [2.75, 3.05) is 0 Å². The maximum atomic E-state index is 10.7. The fourth-order valence-corrected chi connectivity index (χ4v) is 2.94. The van der Waals surface area contributed by atoms with Gasteiger partial charge in [0.2, 0.25) is 0 Å². The summed E-state index contributed by atoms with van der Waals surface area (Å²) in [6.45, 7) is 8.33. The van der Waals surface area contributed by atoms with Crippen molar-refractivity contribution < 1.29 is 5.11 Å². The smallest absolute Gasteiger partial charge is 0.195 e. The summed E-state index contributed by atoms with van der Waals surface area (Å²) in [4.78, 5) is 2.02. The molecule has 0 aromatic heterocycles. The molecule has 1 aromatic rings. The van der Waals surface area contributed by atoms with Crippen LogP contribution >= 0.6 is 11.6 Å².